The average molecular weight is 339 g/mol. The molecule has 6 nitrogen and oxygen atoms in total. The predicted molar refractivity (Wildman–Crippen MR) is 96.2 cm³/mol. The topological polar surface area (TPSA) is 79.4 Å². The lowest BCUT2D eigenvalue weighted by molar-refractivity contribution is 0.0691. The maximum Gasteiger partial charge on any atom is 0.552 e. The second-order valence-corrected chi connectivity index (χ2v) is 7.29. The molecule has 0 atom stereocenters. The molecule has 0 bridgehead atoms. The van der Waals surface area contributed by atoms with E-state index >= 15 is 0 Å². The van der Waals surface area contributed by atoms with Crippen molar-refractivity contribution >= 4 is 23.7 Å². The number of ether oxygens (including phenoxy) is 1. The maximum atomic E-state index is 10.1. The lowest BCUT2D eigenvalue weighted by Crippen LogP contribution is -2.48. The Morgan fingerprint density at radius 2 is 2.08 bits per heavy atom. The summed E-state index contributed by atoms with van der Waals surface area (Å²) in [4.78, 5) is 7.53. The first-order chi connectivity index (χ1) is 12.3. The van der Waals surface area contributed by atoms with Gasteiger partial charge in [-0.3, -0.25) is 0 Å². The van der Waals surface area contributed by atoms with Gasteiger partial charge in [0.15, 0.2) is 0 Å². The van der Waals surface area contributed by atoms with Crippen LogP contribution < -0.4 is 9.97 Å². The van der Waals surface area contributed by atoms with E-state index < -0.39 is 7.12 Å². The molecule has 0 unspecified atom stereocenters. The third-order valence-corrected chi connectivity index (χ3v) is 5.68. The minimum absolute atomic E-state index is 0.454. The Kier molecular flexibility index (Phi) is 3.80. The fourth-order valence-corrected chi connectivity index (χ4v) is 4.32. The molecule has 1 saturated heterocycles. The number of aromatic amines is 1. The molecule has 2 fully saturated rings. The van der Waals surface area contributed by atoms with E-state index in [-0.39, 0.29) is 0 Å². The maximum absolute atomic E-state index is 10.1. The monoisotopic (exact) mass is 339 g/mol. The molecule has 7 heteroatoms. The van der Waals surface area contributed by atoms with Crippen LogP contribution in [0.1, 0.15) is 31.2 Å². The quantitative estimate of drug-likeness (QED) is 0.745. The highest BCUT2D eigenvalue weighted by Crippen LogP contribution is 2.46. The van der Waals surface area contributed by atoms with Crippen molar-refractivity contribution in [2.24, 2.45) is 5.92 Å². The van der Waals surface area contributed by atoms with Crippen molar-refractivity contribution in [2.45, 2.75) is 37.8 Å². The number of nitrogens with zero attached hydrogens (tertiary/aromatic N) is 1. The molecule has 2 aromatic heterocycles. The van der Waals surface area contributed by atoms with Gasteiger partial charge in [-0.05, 0) is 49.2 Å². The molecule has 2 aromatic rings. The van der Waals surface area contributed by atoms with E-state index in [0.29, 0.717) is 23.8 Å². The van der Waals surface area contributed by atoms with Crippen LogP contribution in [0.4, 0.5) is 0 Å². The van der Waals surface area contributed by atoms with Crippen LogP contribution in [0.5, 0.6) is 5.75 Å². The van der Waals surface area contributed by atoms with Crippen molar-refractivity contribution < 1.29 is 14.4 Å². The summed E-state index contributed by atoms with van der Waals surface area (Å²) < 4.78 is 11.0. The Morgan fingerprint density at radius 3 is 2.92 bits per heavy atom. The second kappa shape index (κ2) is 6.16. The summed E-state index contributed by atoms with van der Waals surface area (Å²) in [6.07, 6.45) is 8.02. The smallest absolute Gasteiger partial charge is 0.531 e. The zero-order chi connectivity index (χ0) is 16.8. The number of hydrogen-bond acceptors (Lipinski definition) is 5. The Labute approximate surface area is 146 Å². The minimum atomic E-state index is -0.886. The van der Waals surface area contributed by atoms with Crippen LogP contribution in [0.3, 0.4) is 0 Å². The fraction of sp³-hybridized carbons (Fsp3) is 0.500. The van der Waals surface area contributed by atoms with Gasteiger partial charge in [-0.1, -0.05) is 0 Å². The van der Waals surface area contributed by atoms with Crippen molar-refractivity contribution in [3.05, 3.63) is 30.0 Å². The number of nitrogens with one attached hydrogen (secondary N) is 2. The van der Waals surface area contributed by atoms with Crippen molar-refractivity contribution in [1.82, 2.24) is 15.3 Å². The summed E-state index contributed by atoms with van der Waals surface area (Å²) in [5.41, 5.74) is 3.15. The van der Waals surface area contributed by atoms with Crippen LogP contribution in [0.2, 0.25) is 0 Å². The van der Waals surface area contributed by atoms with E-state index in [2.05, 4.69) is 15.3 Å². The lowest BCUT2D eigenvalue weighted by atomic mass is 9.68. The molecule has 0 radical (unpaired) electrons. The number of allylic oxidation sites excluding steroid dienone is 1. The molecule has 2 aliphatic heterocycles. The van der Waals surface area contributed by atoms with E-state index in [1.165, 1.54) is 5.57 Å². The molecule has 5 rings (SSSR count). The first-order valence-corrected chi connectivity index (χ1v) is 9.14. The molecular formula is C18H22BN3O3. The van der Waals surface area contributed by atoms with Gasteiger partial charge in [0.05, 0.1) is 6.20 Å². The number of aromatic nitrogens is 2. The number of rotatable bonds is 3. The summed E-state index contributed by atoms with van der Waals surface area (Å²) in [5.74, 6) is 3.00. The van der Waals surface area contributed by atoms with Crippen LogP contribution in [-0.4, -0.2) is 47.4 Å². The van der Waals surface area contributed by atoms with Gasteiger partial charge in [0.2, 0.25) is 0 Å². The van der Waals surface area contributed by atoms with Crippen LogP contribution in [0.25, 0.3) is 16.6 Å². The van der Waals surface area contributed by atoms with Gasteiger partial charge in [-0.2, -0.15) is 0 Å². The van der Waals surface area contributed by atoms with Gasteiger partial charge < -0.3 is 24.7 Å². The summed E-state index contributed by atoms with van der Waals surface area (Å²) in [6, 6.07) is 3.18. The first-order valence-electron chi connectivity index (χ1n) is 9.14. The van der Waals surface area contributed by atoms with Crippen molar-refractivity contribution in [3.8, 4) is 5.75 Å². The molecule has 0 amide bonds. The van der Waals surface area contributed by atoms with Gasteiger partial charge in [-0.15, -0.1) is 0 Å². The SMILES string of the molecule is OB1C=C(C2CC(NC3CCOCC3)C2)c2c(cnc3[nH]ccc23)O1. The standard InChI is InChI=1S/C18H22BN3O3/c23-19-9-15(11-7-13(8-11)22-12-2-5-24-6-3-12)17-14-1-4-20-18(14)21-10-16(17)25-19/h1,4,9-13,22-23H,2-3,5-8H2,(H,20,21). The summed E-state index contributed by atoms with van der Waals surface area (Å²) in [5, 5.41) is 14.9. The summed E-state index contributed by atoms with van der Waals surface area (Å²) in [7, 11) is -0.886. The van der Waals surface area contributed by atoms with Gasteiger partial charge in [0.25, 0.3) is 0 Å². The van der Waals surface area contributed by atoms with E-state index in [9.17, 15) is 5.02 Å². The molecule has 25 heavy (non-hydrogen) atoms. The van der Waals surface area contributed by atoms with Crippen molar-refractivity contribution in [2.75, 3.05) is 13.2 Å². The Balaban J connectivity index is 1.35. The molecule has 3 N–H and O–H groups in total. The van der Waals surface area contributed by atoms with Gasteiger partial charge in [-0.25, -0.2) is 4.98 Å². The Morgan fingerprint density at radius 1 is 1.24 bits per heavy atom. The van der Waals surface area contributed by atoms with Crippen LogP contribution >= 0.6 is 0 Å². The molecule has 130 valence electrons. The molecule has 4 heterocycles. The van der Waals surface area contributed by atoms with Gasteiger partial charge in [0, 0.05) is 42.4 Å². The number of pyridine rings is 1. The highest BCUT2D eigenvalue weighted by atomic mass is 16.5. The van der Waals surface area contributed by atoms with Crippen LogP contribution in [0, 0.1) is 5.92 Å². The van der Waals surface area contributed by atoms with Crippen molar-refractivity contribution in [1.29, 1.82) is 0 Å². The molecule has 0 aromatic carbocycles. The average Bonchev–Trinajstić information content (AvgIpc) is 3.06. The fourth-order valence-electron chi connectivity index (χ4n) is 4.32. The third kappa shape index (κ3) is 2.76. The Bertz CT molecular complexity index is 809. The first kappa shape index (κ1) is 15.4. The lowest BCUT2D eigenvalue weighted by Gasteiger charge is -2.41. The van der Waals surface area contributed by atoms with E-state index in [0.717, 1.165) is 55.5 Å². The van der Waals surface area contributed by atoms with E-state index in [1.54, 1.807) is 6.20 Å². The van der Waals surface area contributed by atoms with Crippen LogP contribution in [-0.2, 0) is 4.74 Å². The van der Waals surface area contributed by atoms with E-state index in [4.69, 9.17) is 9.39 Å². The highest BCUT2D eigenvalue weighted by molar-refractivity contribution is 6.52. The van der Waals surface area contributed by atoms with Crippen molar-refractivity contribution in [3.63, 3.8) is 0 Å². The zero-order valence-corrected chi connectivity index (χ0v) is 14.1. The molecule has 1 saturated carbocycles. The normalized spacial score (nSPS) is 26.8. The third-order valence-electron chi connectivity index (χ3n) is 5.68. The van der Waals surface area contributed by atoms with Crippen LogP contribution in [0.15, 0.2) is 24.4 Å². The number of hydrogen-bond donors (Lipinski definition) is 3. The summed E-state index contributed by atoms with van der Waals surface area (Å²) >= 11 is 0. The van der Waals surface area contributed by atoms with E-state index in [1.807, 2.05) is 18.2 Å². The van der Waals surface area contributed by atoms with Gasteiger partial charge in [0.1, 0.15) is 11.4 Å². The molecule has 3 aliphatic rings. The Hall–Kier alpha value is -1.83. The molecule has 1 aliphatic carbocycles. The number of fused-ring (bicyclic) bond motifs is 3. The largest absolute Gasteiger partial charge is 0.552 e. The molecule has 0 spiro atoms. The number of H-pyrrole nitrogens is 1. The summed E-state index contributed by atoms with van der Waals surface area (Å²) in [6.45, 7) is 1.74. The zero-order valence-electron chi connectivity index (χ0n) is 14.1. The van der Waals surface area contributed by atoms with Gasteiger partial charge >= 0.3 is 7.12 Å². The predicted octanol–water partition coefficient (Wildman–Crippen LogP) is 1.91. The molecular weight excluding hydrogens is 317 g/mol. The second-order valence-electron chi connectivity index (χ2n) is 7.29. The highest BCUT2D eigenvalue weighted by Gasteiger charge is 2.38. The minimum Gasteiger partial charge on any atom is -0.531 e.